The van der Waals surface area contributed by atoms with E-state index in [0.717, 1.165) is 0 Å². The third-order valence-electron chi connectivity index (χ3n) is 3.39. The van der Waals surface area contributed by atoms with Gasteiger partial charge in [-0.15, -0.1) is 0 Å². The lowest BCUT2D eigenvalue weighted by molar-refractivity contribution is -0.140. The van der Waals surface area contributed by atoms with Crippen molar-refractivity contribution < 1.29 is 26.3 Å². The predicted octanol–water partition coefficient (Wildman–Crippen LogP) is 6.08. The van der Waals surface area contributed by atoms with Crippen LogP contribution < -0.4 is 5.32 Å². The second kappa shape index (κ2) is 5.79. The van der Waals surface area contributed by atoms with Gasteiger partial charge in [-0.05, 0) is 43.2 Å². The van der Waals surface area contributed by atoms with E-state index in [1.807, 2.05) is 0 Å². The quantitative estimate of drug-likeness (QED) is 0.656. The molecule has 0 aliphatic heterocycles. The van der Waals surface area contributed by atoms with Crippen molar-refractivity contribution in [1.82, 2.24) is 0 Å². The summed E-state index contributed by atoms with van der Waals surface area (Å²) in [6.07, 6.45) is -9.48. The average molecular weight is 333 g/mol. The number of nitrogens with one attached hydrogen (secondary N) is 1. The van der Waals surface area contributed by atoms with Crippen LogP contribution in [-0.2, 0) is 12.4 Å². The largest absolute Gasteiger partial charge is 0.418 e. The van der Waals surface area contributed by atoms with E-state index in [4.69, 9.17) is 0 Å². The molecule has 2 aromatic rings. The fourth-order valence-corrected chi connectivity index (χ4v) is 2.22. The first-order valence-corrected chi connectivity index (χ1v) is 6.62. The number of hydrogen-bond acceptors (Lipinski definition) is 1. The molecule has 23 heavy (non-hydrogen) atoms. The minimum absolute atomic E-state index is 0.359. The molecule has 0 radical (unpaired) electrons. The lowest BCUT2D eigenvalue weighted by Crippen LogP contribution is -2.12. The van der Waals surface area contributed by atoms with Crippen molar-refractivity contribution in [2.45, 2.75) is 26.2 Å². The van der Waals surface area contributed by atoms with Crippen LogP contribution >= 0.6 is 0 Å². The van der Waals surface area contributed by atoms with Gasteiger partial charge in [-0.25, -0.2) is 0 Å². The van der Waals surface area contributed by atoms with Crippen molar-refractivity contribution in [3.63, 3.8) is 0 Å². The van der Waals surface area contributed by atoms with Crippen LogP contribution in [0.5, 0.6) is 0 Å². The molecule has 0 heterocycles. The summed E-state index contributed by atoms with van der Waals surface area (Å²) in [4.78, 5) is 0. The van der Waals surface area contributed by atoms with Crippen molar-refractivity contribution in [3.8, 4) is 0 Å². The van der Waals surface area contributed by atoms with Gasteiger partial charge in [0.2, 0.25) is 0 Å². The molecule has 0 saturated carbocycles. The fourth-order valence-electron chi connectivity index (χ4n) is 2.22. The molecule has 0 unspecified atom stereocenters. The maximum atomic E-state index is 13.1. The molecular formula is C16H13F6N. The van der Waals surface area contributed by atoms with E-state index < -0.39 is 29.2 Å². The van der Waals surface area contributed by atoms with E-state index in [1.54, 1.807) is 32.0 Å². The van der Waals surface area contributed by atoms with E-state index in [-0.39, 0.29) is 0 Å². The lowest BCUT2D eigenvalue weighted by Gasteiger charge is -2.19. The van der Waals surface area contributed by atoms with Gasteiger partial charge in [0.05, 0.1) is 16.8 Å². The molecule has 2 rings (SSSR count). The monoisotopic (exact) mass is 333 g/mol. The highest BCUT2D eigenvalue weighted by Gasteiger charge is 2.37. The highest BCUT2D eigenvalue weighted by atomic mass is 19.4. The molecule has 0 aliphatic carbocycles. The normalized spacial score (nSPS) is 12.3. The number of aryl methyl sites for hydroxylation is 2. The molecular weight excluding hydrogens is 320 g/mol. The van der Waals surface area contributed by atoms with Crippen LogP contribution in [0.25, 0.3) is 0 Å². The molecule has 7 heteroatoms. The topological polar surface area (TPSA) is 12.0 Å². The highest BCUT2D eigenvalue weighted by molar-refractivity contribution is 5.70. The lowest BCUT2D eigenvalue weighted by atomic mass is 10.1. The zero-order valence-corrected chi connectivity index (χ0v) is 12.2. The molecule has 1 nitrogen and oxygen atoms in total. The Kier molecular flexibility index (Phi) is 4.32. The second-order valence-electron chi connectivity index (χ2n) is 5.15. The molecule has 0 spiro atoms. The Bertz CT molecular complexity index is 695. The van der Waals surface area contributed by atoms with Crippen LogP contribution in [0, 0.1) is 13.8 Å². The maximum absolute atomic E-state index is 13.1. The van der Waals surface area contributed by atoms with Gasteiger partial charge in [-0.3, -0.25) is 0 Å². The number of para-hydroxylation sites is 1. The Labute approximate surface area is 128 Å². The third kappa shape index (κ3) is 3.78. The van der Waals surface area contributed by atoms with Crippen LogP contribution in [0.3, 0.4) is 0 Å². The van der Waals surface area contributed by atoms with Crippen molar-refractivity contribution in [2.75, 3.05) is 5.32 Å². The van der Waals surface area contributed by atoms with Gasteiger partial charge >= 0.3 is 12.4 Å². The second-order valence-corrected chi connectivity index (χ2v) is 5.15. The number of anilines is 2. The summed E-state index contributed by atoms with van der Waals surface area (Å²) < 4.78 is 77.5. The highest BCUT2D eigenvalue weighted by Crippen LogP contribution is 2.40. The SMILES string of the molecule is Cc1cccc(C)c1Nc1cc(C(F)(F)F)ccc1C(F)(F)F. The third-order valence-corrected chi connectivity index (χ3v) is 3.39. The van der Waals surface area contributed by atoms with E-state index >= 15 is 0 Å². The minimum Gasteiger partial charge on any atom is -0.355 e. The number of benzene rings is 2. The van der Waals surface area contributed by atoms with Gasteiger partial charge in [0.25, 0.3) is 0 Å². The van der Waals surface area contributed by atoms with Crippen LogP contribution in [0.1, 0.15) is 22.3 Å². The predicted molar refractivity (Wildman–Crippen MR) is 75.6 cm³/mol. The minimum atomic E-state index is -4.76. The molecule has 124 valence electrons. The van der Waals surface area contributed by atoms with Gasteiger partial charge in [0, 0.05) is 5.69 Å². The molecule has 0 atom stereocenters. The summed E-state index contributed by atoms with van der Waals surface area (Å²) in [7, 11) is 0. The van der Waals surface area contributed by atoms with Crippen LogP contribution in [0.2, 0.25) is 0 Å². The van der Waals surface area contributed by atoms with Crippen molar-refractivity contribution >= 4 is 11.4 Å². The summed E-state index contributed by atoms with van der Waals surface area (Å²) in [6.45, 7) is 3.33. The average Bonchev–Trinajstić information content (AvgIpc) is 2.41. The summed E-state index contributed by atoms with van der Waals surface area (Å²) in [5, 5.41) is 2.51. The molecule has 0 fully saturated rings. The van der Waals surface area contributed by atoms with Crippen molar-refractivity contribution in [2.24, 2.45) is 0 Å². The van der Waals surface area contributed by atoms with Crippen molar-refractivity contribution in [1.29, 1.82) is 0 Å². The van der Waals surface area contributed by atoms with Gasteiger partial charge in [-0.2, -0.15) is 26.3 Å². The Morgan fingerprint density at radius 1 is 0.783 bits per heavy atom. The first kappa shape index (κ1) is 17.2. The van der Waals surface area contributed by atoms with Crippen LogP contribution in [0.4, 0.5) is 37.7 Å². The zero-order valence-electron chi connectivity index (χ0n) is 12.2. The molecule has 0 aliphatic rings. The number of alkyl halides is 6. The molecule has 1 N–H and O–H groups in total. The zero-order chi connectivity index (χ0) is 17.4. The van der Waals surface area contributed by atoms with E-state index in [1.165, 1.54) is 0 Å². The molecule has 0 amide bonds. The summed E-state index contributed by atoms with van der Waals surface area (Å²) in [6, 6.07) is 6.39. The Morgan fingerprint density at radius 2 is 1.35 bits per heavy atom. The Balaban J connectivity index is 2.58. The molecule has 0 bridgehead atoms. The molecule has 2 aromatic carbocycles. The van der Waals surface area contributed by atoms with Crippen LogP contribution in [-0.4, -0.2) is 0 Å². The summed E-state index contributed by atoms with van der Waals surface area (Å²) in [5.41, 5.74) is -1.28. The van der Waals surface area contributed by atoms with E-state index in [0.29, 0.717) is 35.0 Å². The first-order chi connectivity index (χ1) is 10.5. The number of rotatable bonds is 2. The van der Waals surface area contributed by atoms with Gasteiger partial charge in [0.1, 0.15) is 0 Å². The van der Waals surface area contributed by atoms with Crippen LogP contribution in [0.15, 0.2) is 36.4 Å². The number of halogens is 6. The standard InChI is InChI=1S/C16H13F6N/c1-9-4-3-5-10(2)14(9)23-13-8-11(15(17,18)19)6-7-12(13)16(20,21)22/h3-8,23H,1-2H3. The van der Waals surface area contributed by atoms with E-state index in [2.05, 4.69) is 5.32 Å². The van der Waals surface area contributed by atoms with Crippen molar-refractivity contribution in [3.05, 3.63) is 58.7 Å². The Hall–Kier alpha value is -2.18. The smallest absolute Gasteiger partial charge is 0.355 e. The first-order valence-electron chi connectivity index (χ1n) is 6.62. The molecule has 0 saturated heterocycles. The van der Waals surface area contributed by atoms with Gasteiger partial charge in [0.15, 0.2) is 0 Å². The fraction of sp³-hybridized carbons (Fsp3) is 0.250. The van der Waals surface area contributed by atoms with Gasteiger partial charge < -0.3 is 5.32 Å². The maximum Gasteiger partial charge on any atom is 0.418 e. The Morgan fingerprint density at radius 3 is 1.83 bits per heavy atom. The van der Waals surface area contributed by atoms with E-state index in [9.17, 15) is 26.3 Å². The molecule has 0 aromatic heterocycles. The number of hydrogen-bond donors (Lipinski definition) is 1. The summed E-state index contributed by atoms with van der Waals surface area (Å²) >= 11 is 0. The summed E-state index contributed by atoms with van der Waals surface area (Å²) in [5.74, 6) is 0. The van der Waals surface area contributed by atoms with Gasteiger partial charge in [-0.1, -0.05) is 18.2 Å².